The molecule has 20 heavy (non-hydrogen) atoms. The molecule has 3 nitrogen and oxygen atoms in total. The topological polar surface area (TPSA) is 45.0 Å². The van der Waals surface area contributed by atoms with Crippen LogP contribution in [-0.2, 0) is 0 Å². The van der Waals surface area contributed by atoms with E-state index < -0.39 is 0 Å². The lowest BCUT2D eigenvalue weighted by atomic mass is 10.0. The molecule has 0 aromatic heterocycles. The highest BCUT2D eigenvalue weighted by atomic mass is 79.9. The zero-order valence-corrected chi connectivity index (χ0v) is 12.7. The predicted octanol–water partition coefficient (Wildman–Crippen LogP) is 5.83. The first kappa shape index (κ1) is 14.7. The standard InChI is InChI=1S/C15H14BrFN2O/c1-9(2)10-7-13(16)15(20)14(8-10)19-18-12-5-3-11(17)4-6-12/h3-9,20H,1-2H3. The van der Waals surface area contributed by atoms with Crippen molar-refractivity contribution in [1.82, 2.24) is 0 Å². The third kappa shape index (κ3) is 3.42. The normalized spacial score (nSPS) is 11.4. The van der Waals surface area contributed by atoms with E-state index in [0.717, 1.165) is 5.56 Å². The minimum atomic E-state index is -0.323. The van der Waals surface area contributed by atoms with Gasteiger partial charge in [-0.2, -0.15) is 5.11 Å². The van der Waals surface area contributed by atoms with Gasteiger partial charge in [0, 0.05) is 0 Å². The lowest BCUT2D eigenvalue weighted by Crippen LogP contribution is -1.87. The highest BCUT2D eigenvalue weighted by molar-refractivity contribution is 9.10. The molecule has 2 aromatic rings. The van der Waals surface area contributed by atoms with Crippen molar-refractivity contribution in [2.75, 3.05) is 0 Å². The van der Waals surface area contributed by atoms with Crippen LogP contribution in [0.4, 0.5) is 15.8 Å². The number of halogens is 2. The second-order valence-electron chi connectivity index (χ2n) is 4.70. The van der Waals surface area contributed by atoms with Crippen LogP contribution in [0.2, 0.25) is 0 Å². The first-order chi connectivity index (χ1) is 9.47. The van der Waals surface area contributed by atoms with Gasteiger partial charge < -0.3 is 5.11 Å². The summed E-state index contributed by atoms with van der Waals surface area (Å²) >= 11 is 3.30. The summed E-state index contributed by atoms with van der Waals surface area (Å²) in [5.74, 6) is 0.0308. The van der Waals surface area contributed by atoms with E-state index in [1.807, 2.05) is 6.07 Å². The first-order valence-electron chi connectivity index (χ1n) is 6.17. The lowest BCUT2D eigenvalue weighted by molar-refractivity contribution is 0.472. The Morgan fingerprint density at radius 3 is 2.35 bits per heavy atom. The summed E-state index contributed by atoms with van der Waals surface area (Å²) < 4.78 is 13.4. The Kier molecular flexibility index (Phi) is 4.49. The largest absolute Gasteiger partial charge is 0.505 e. The quantitative estimate of drug-likeness (QED) is 0.703. The van der Waals surface area contributed by atoms with Crippen molar-refractivity contribution in [1.29, 1.82) is 0 Å². The average Bonchev–Trinajstić information content (AvgIpc) is 2.42. The Morgan fingerprint density at radius 2 is 1.75 bits per heavy atom. The van der Waals surface area contributed by atoms with Gasteiger partial charge in [0.15, 0.2) is 5.75 Å². The molecular formula is C15H14BrFN2O. The molecule has 0 heterocycles. The number of hydrogen-bond donors (Lipinski definition) is 1. The molecule has 0 fully saturated rings. The van der Waals surface area contributed by atoms with Crippen molar-refractivity contribution in [3.8, 4) is 5.75 Å². The molecule has 0 saturated heterocycles. The Hall–Kier alpha value is -1.75. The maximum absolute atomic E-state index is 12.8. The van der Waals surface area contributed by atoms with Crippen LogP contribution in [-0.4, -0.2) is 5.11 Å². The van der Waals surface area contributed by atoms with Gasteiger partial charge in [-0.15, -0.1) is 5.11 Å². The van der Waals surface area contributed by atoms with E-state index >= 15 is 0 Å². The number of nitrogens with zero attached hydrogens (tertiary/aromatic N) is 2. The van der Waals surface area contributed by atoms with Gasteiger partial charge in [0.1, 0.15) is 11.5 Å². The van der Waals surface area contributed by atoms with Gasteiger partial charge in [0.25, 0.3) is 0 Å². The Bertz CT molecular complexity index is 639. The molecule has 0 bridgehead atoms. The first-order valence-corrected chi connectivity index (χ1v) is 6.96. The second kappa shape index (κ2) is 6.13. The molecule has 0 unspecified atom stereocenters. The third-order valence-electron chi connectivity index (χ3n) is 2.83. The number of aromatic hydroxyl groups is 1. The number of rotatable bonds is 3. The number of phenolic OH excluding ortho intramolecular Hbond substituents is 1. The van der Waals surface area contributed by atoms with E-state index in [0.29, 0.717) is 21.8 Å². The molecule has 2 aromatic carbocycles. The molecule has 2 rings (SSSR count). The van der Waals surface area contributed by atoms with Gasteiger partial charge >= 0.3 is 0 Å². The van der Waals surface area contributed by atoms with Crippen molar-refractivity contribution in [3.05, 3.63) is 52.3 Å². The molecule has 0 aliphatic rings. The van der Waals surface area contributed by atoms with Crippen molar-refractivity contribution in [2.24, 2.45) is 10.2 Å². The fourth-order valence-electron chi connectivity index (χ4n) is 1.63. The monoisotopic (exact) mass is 336 g/mol. The fourth-order valence-corrected chi connectivity index (χ4v) is 2.10. The Labute approximate surface area is 125 Å². The van der Waals surface area contributed by atoms with Crippen LogP contribution in [0.5, 0.6) is 5.75 Å². The third-order valence-corrected chi connectivity index (χ3v) is 3.44. The summed E-state index contributed by atoms with van der Waals surface area (Å²) in [4.78, 5) is 0. The molecule has 5 heteroatoms. The minimum Gasteiger partial charge on any atom is -0.505 e. The summed E-state index contributed by atoms with van der Waals surface area (Å²) in [6.07, 6.45) is 0. The van der Waals surface area contributed by atoms with E-state index in [-0.39, 0.29) is 11.6 Å². The SMILES string of the molecule is CC(C)c1cc(Br)c(O)c(N=Nc2ccc(F)cc2)c1. The summed E-state index contributed by atoms with van der Waals surface area (Å²) in [7, 11) is 0. The Morgan fingerprint density at radius 1 is 1.10 bits per heavy atom. The lowest BCUT2D eigenvalue weighted by Gasteiger charge is -2.09. The van der Waals surface area contributed by atoms with Crippen molar-refractivity contribution in [2.45, 2.75) is 19.8 Å². The van der Waals surface area contributed by atoms with Gasteiger partial charge in [0.05, 0.1) is 10.2 Å². The molecule has 104 valence electrons. The van der Waals surface area contributed by atoms with Crippen LogP contribution in [0.3, 0.4) is 0 Å². The van der Waals surface area contributed by atoms with E-state index in [1.54, 1.807) is 6.07 Å². The number of hydrogen-bond acceptors (Lipinski definition) is 3. The average molecular weight is 337 g/mol. The van der Waals surface area contributed by atoms with Crippen LogP contribution < -0.4 is 0 Å². The maximum Gasteiger partial charge on any atom is 0.157 e. The smallest absolute Gasteiger partial charge is 0.157 e. The van der Waals surface area contributed by atoms with Crippen LogP contribution in [0.25, 0.3) is 0 Å². The van der Waals surface area contributed by atoms with Crippen molar-refractivity contribution < 1.29 is 9.50 Å². The zero-order chi connectivity index (χ0) is 14.7. The Balaban J connectivity index is 2.35. The molecule has 1 N–H and O–H groups in total. The molecule has 0 spiro atoms. The van der Waals surface area contributed by atoms with Gasteiger partial charge in [-0.1, -0.05) is 13.8 Å². The molecule has 0 atom stereocenters. The molecule has 0 aliphatic heterocycles. The summed E-state index contributed by atoms with van der Waals surface area (Å²) in [6.45, 7) is 4.11. The van der Waals surface area contributed by atoms with Crippen LogP contribution in [0.1, 0.15) is 25.3 Å². The fraction of sp³-hybridized carbons (Fsp3) is 0.200. The van der Waals surface area contributed by atoms with Crippen LogP contribution in [0, 0.1) is 5.82 Å². The van der Waals surface area contributed by atoms with Gasteiger partial charge in [0.2, 0.25) is 0 Å². The van der Waals surface area contributed by atoms with Gasteiger partial charge in [-0.3, -0.25) is 0 Å². The molecule has 0 radical (unpaired) electrons. The van der Waals surface area contributed by atoms with E-state index in [2.05, 4.69) is 40.0 Å². The summed E-state index contributed by atoms with van der Waals surface area (Å²) in [6, 6.07) is 9.33. The summed E-state index contributed by atoms with van der Waals surface area (Å²) in [5, 5.41) is 18.0. The maximum atomic E-state index is 12.8. The van der Waals surface area contributed by atoms with Crippen LogP contribution in [0.15, 0.2) is 51.1 Å². The highest BCUT2D eigenvalue weighted by Crippen LogP contribution is 2.38. The van der Waals surface area contributed by atoms with E-state index in [1.165, 1.54) is 24.3 Å². The molecule has 0 aliphatic carbocycles. The van der Waals surface area contributed by atoms with Gasteiger partial charge in [-0.05, 0) is 63.8 Å². The zero-order valence-electron chi connectivity index (χ0n) is 11.1. The van der Waals surface area contributed by atoms with Crippen LogP contribution >= 0.6 is 15.9 Å². The van der Waals surface area contributed by atoms with E-state index in [9.17, 15) is 9.50 Å². The molecule has 0 amide bonds. The summed E-state index contributed by atoms with van der Waals surface area (Å²) in [5.41, 5.74) is 1.95. The van der Waals surface area contributed by atoms with Crippen molar-refractivity contribution in [3.63, 3.8) is 0 Å². The van der Waals surface area contributed by atoms with Gasteiger partial charge in [-0.25, -0.2) is 4.39 Å². The second-order valence-corrected chi connectivity index (χ2v) is 5.56. The molecular weight excluding hydrogens is 323 g/mol. The minimum absolute atomic E-state index is 0.0419. The molecule has 0 saturated carbocycles. The van der Waals surface area contributed by atoms with E-state index in [4.69, 9.17) is 0 Å². The highest BCUT2D eigenvalue weighted by Gasteiger charge is 2.10. The number of phenols is 1. The number of benzene rings is 2. The predicted molar refractivity (Wildman–Crippen MR) is 80.5 cm³/mol. The van der Waals surface area contributed by atoms with Crippen molar-refractivity contribution >= 4 is 27.3 Å². The number of azo groups is 1.